The fourth-order valence-corrected chi connectivity index (χ4v) is 4.47. The van der Waals surface area contributed by atoms with E-state index in [0.717, 1.165) is 50.2 Å². The van der Waals surface area contributed by atoms with Crippen molar-refractivity contribution in [1.82, 2.24) is 30.3 Å². The molecule has 158 valence electrons. The predicted octanol–water partition coefficient (Wildman–Crippen LogP) is 3.17. The minimum atomic E-state index is 0.0863. The zero-order chi connectivity index (χ0) is 20.8. The van der Waals surface area contributed by atoms with E-state index in [1.165, 1.54) is 4.88 Å². The van der Waals surface area contributed by atoms with Gasteiger partial charge < -0.3 is 9.84 Å². The molecule has 0 saturated carbocycles. The van der Waals surface area contributed by atoms with Crippen LogP contribution in [0.15, 0.2) is 34.6 Å². The smallest absolute Gasteiger partial charge is 0.230 e. The summed E-state index contributed by atoms with van der Waals surface area (Å²) < 4.78 is 5.59. The van der Waals surface area contributed by atoms with E-state index in [-0.39, 0.29) is 11.8 Å². The van der Waals surface area contributed by atoms with Crippen molar-refractivity contribution in [2.75, 3.05) is 19.6 Å². The van der Waals surface area contributed by atoms with Crippen LogP contribution in [0.1, 0.15) is 48.1 Å². The second-order valence-electron chi connectivity index (χ2n) is 7.56. The van der Waals surface area contributed by atoms with E-state index in [2.05, 4.69) is 30.3 Å². The molecule has 0 aliphatic carbocycles. The largest absolute Gasteiger partial charge is 0.356 e. The maximum Gasteiger partial charge on any atom is 0.230 e. The monoisotopic (exact) mass is 426 g/mol. The quantitative estimate of drug-likeness (QED) is 0.684. The van der Waals surface area contributed by atoms with Gasteiger partial charge in [-0.3, -0.25) is 14.7 Å². The Morgan fingerprint density at radius 2 is 2.27 bits per heavy atom. The van der Waals surface area contributed by atoms with Crippen LogP contribution in [0.3, 0.4) is 0 Å². The van der Waals surface area contributed by atoms with E-state index < -0.39 is 0 Å². The van der Waals surface area contributed by atoms with Crippen molar-refractivity contribution in [3.63, 3.8) is 0 Å². The van der Waals surface area contributed by atoms with Crippen molar-refractivity contribution in [2.24, 2.45) is 0 Å². The minimum absolute atomic E-state index is 0.0863. The molecule has 3 aromatic rings. The third-order valence-electron chi connectivity index (χ3n) is 5.42. The van der Waals surface area contributed by atoms with Crippen LogP contribution < -0.4 is 5.32 Å². The molecule has 4 rings (SSSR count). The number of hydrogen-bond acceptors (Lipinski definition) is 8. The van der Waals surface area contributed by atoms with Gasteiger partial charge in [0.15, 0.2) is 0 Å². The molecule has 1 atom stereocenters. The van der Waals surface area contributed by atoms with E-state index in [1.807, 2.05) is 24.6 Å². The zero-order valence-corrected chi connectivity index (χ0v) is 17.9. The standard InChI is InChI=1S/C21H26N6O2S/c1-15-18(30-14-24-15)13-27-10-3-5-16(6-9-23-19(28)7-11-27)21-25-20(26-29-21)17-4-2-8-22-12-17/h2,4,8,12,14,16H,3,5-7,9-11,13H2,1H3,(H,23,28). The summed E-state index contributed by atoms with van der Waals surface area (Å²) in [6.07, 6.45) is 6.68. The molecule has 3 aromatic heterocycles. The molecule has 1 amide bonds. The van der Waals surface area contributed by atoms with Crippen molar-refractivity contribution in [1.29, 1.82) is 0 Å². The molecule has 0 aromatic carbocycles. The van der Waals surface area contributed by atoms with E-state index in [4.69, 9.17) is 4.52 Å². The molecule has 1 unspecified atom stereocenters. The van der Waals surface area contributed by atoms with Gasteiger partial charge in [0.2, 0.25) is 17.6 Å². The topological polar surface area (TPSA) is 97.0 Å². The lowest BCUT2D eigenvalue weighted by Crippen LogP contribution is -2.31. The van der Waals surface area contributed by atoms with Gasteiger partial charge in [-0.25, -0.2) is 4.98 Å². The Balaban J connectivity index is 1.44. The zero-order valence-electron chi connectivity index (χ0n) is 17.1. The van der Waals surface area contributed by atoms with Gasteiger partial charge in [0, 0.05) is 54.8 Å². The van der Waals surface area contributed by atoms with E-state index in [1.54, 1.807) is 23.7 Å². The molecule has 9 heteroatoms. The molecule has 1 fully saturated rings. The molecular formula is C21H26N6O2S. The fourth-order valence-electron chi connectivity index (χ4n) is 3.65. The summed E-state index contributed by atoms with van der Waals surface area (Å²) in [5.41, 5.74) is 3.80. The highest BCUT2D eigenvalue weighted by molar-refractivity contribution is 7.09. The third kappa shape index (κ3) is 5.28. The molecule has 0 radical (unpaired) electrons. The number of nitrogens with zero attached hydrogens (tertiary/aromatic N) is 5. The summed E-state index contributed by atoms with van der Waals surface area (Å²) in [5.74, 6) is 1.39. The van der Waals surface area contributed by atoms with Gasteiger partial charge in [0.1, 0.15) is 0 Å². The van der Waals surface area contributed by atoms with Crippen molar-refractivity contribution < 1.29 is 9.32 Å². The number of aryl methyl sites for hydroxylation is 1. The van der Waals surface area contributed by atoms with Gasteiger partial charge in [0.05, 0.1) is 11.2 Å². The normalized spacial score (nSPS) is 19.2. The van der Waals surface area contributed by atoms with Crippen molar-refractivity contribution in [3.8, 4) is 11.4 Å². The highest BCUT2D eigenvalue weighted by Gasteiger charge is 2.22. The van der Waals surface area contributed by atoms with Crippen LogP contribution in [0.2, 0.25) is 0 Å². The fraction of sp³-hybridized carbons (Fsp3) is 0.476. The lowest BCUT2D eigenvalue weighted by Gasteiger charge is -2.21. The number of carbonyl (C=O) groups excluding carboxylic acids is 1. The molecule has 1 saturated heterocycles. The lowest BCUT2D eigenvalue weighted by atomic mass is 9.99. The summed E-state index contributed by atoms with van der Waals surface area (Å²) in [4.78, 5) is 28.9. The Bertz CT molecular complexity index is 957. The molecule has 1 N–H and O–H groups in total. The van der Waals surface area contributed by atoms with Crippen molar-refractivity contribution >= 4 is 17.2 Å². The van der Waals surface area contributed by atoms with Crippen LogP contribution >= 0.6 is 11.3 Å². The first-order chi connectivity index (χ1) is 14.7. The van der Waals surface area contributed by atoms with E-state index in [0.29, 0.717) is 24.7 Å². The Hall–Kier alpha value is -2.65. The van der Waals surface area contributed by atoms with Crippen LogP contribution in [0.25, 0.3) is 11.4 Å². The van der Waals surface area contributed by atoms with Crippen LogP contribution in [-0.4, -0.2) is 50.5 Å². The average molecular weight is 427 g/mol. The van der Waals surface area contributed by atoms with Gasteiger partial charge in [0.25, 0.3) is 0 Å². The predicted molar refractivity (Wildman–Crippen MR) is 114 cm³/mol. The van der Waals surface area contributed by atoms with E-state index in [9.17, 15) is 4.79 Å². The van der Waals surface area contributed by atoms with Crippen LogP contribution in [0, 0.1) is 6.92 Å². The second kappa shape index (κ2) is 9.90. The Morgan fingerprint density at radius 1 is 1.33 bits per heavy atom. The summed E-state index contributed by atoms with van der Waals surface area (Å²) >= 11 is 1.68. The number of nitrogens with one attached hydrogen (secondary N) is 1. The number of amides is 1. The molecule has 0 bridgehead atoms. The second-order valence-corrected chi connectivity index (χ2v) is 8.50. The first-order valence-corrected chi connectivity index (χ1v) is 11.2. The van der Waals surface area contributed by atoms with Gasteiger partial charge in [-0.2, -0.15) is 4.98 Å². The molecular weight excluding hydrogens is 400 g/mol. The Morgan fingerprint density at radius 3 is 3.07 bits per heavy atom. The number of carbonyl (C=O) groups is 1. The Kier molecular flexibility index (Phi) is 6.81. The number of rotatable bonds is 4. The lowest BCUT2D eigenvalue weighted by molar-refractivity contribution is -0.121. The van der Waals surface area contributed by atoms with Crippen molar-refractivity contribution in [3.05, 3.63) is 46.5 Å². The maximum absolute atomic E-state index is 12.3. The summed E-state index contributed by atoms with van der Waals surface area (Å²) in [7, 11) is 0. The number of thiazole rings is 1. The number of pyridine rings is 1. The maximum atomic E-state index is 12.3. The summed E-state index contributed by atoms with van der Waals surface area (Å²) in [6, 6.07) is 3.77. The highest BCUT2D eigenvalue weighted by atomic mass is 32.1. The molecule has 1 aliphatic rings. The molecule has 1 aliphatic heterocycles. The summed E-state index contributed by atoms with van der Waals surface area (Å²) in [5, 5.41) is 7.17. The van der Waals surface area contributed by atoms with E-state index >= 15 is 0 Å². The number of aromatic nitrogens is 4. The summed E-state index contributed by atoms with van der Waals surface area (Å²) in [6.45, 7) is 5.16. The van der Waals surface area contributed by atoms with Gasteiger partial charge in [-0.15, -0.1) is 11.3 Å². The van der Waals surface area contributed by atoms with Gasteiger partial charge in [-0.05, 0) is 44.9 Å². The molecule has 30 heavy (non-hydrogen) atoms. The highest BCUT2D eigenvalue weighted by Crippen LogP contribution is 2.26. The first kappa shape index (κ1) is 20.6. The van der Waals surface area contributed by atoms with Gasteiger partial charge >= 0.3 is 0 Å². The SMILES string of the molecule is Cc1ncsc1CN1CCCC(c2nc(-c3cccnc3)no2)CCNC(=O)CC1. The van der Waals surface area contributed by atoms with Crippen LogP contribution in [0.4, 0.5) is 0 Å². The van der Waals surface area contributed by atoms with Crippen LogP contribution in [0.5, 0.6) is 0 Å². The third-order valence-corrected chi connectivity index (χ3v) is 6.34. The number of hydrogen-bond donors (Lipinski definition) is 1. The van der Waals surface area contributed by atoms with Crippen LogP contribution in [-0.2, 0) is 11.3 Å². The molecule has 8 nitrogen and oxygen atoms in total. The van der Waals surface area contributed by atoms with Crippen molar-refractivity contribution in [2.45, 2.75) is 45.1 Å². The first-order valence-electron chi connectivity index (χ1n) is 10.3. The molecule has 0 spiro atoms. The molecule has 4 heterocycles. The average Bonchev–Trinajstić information content (AvgIpc) is 3.40. The van der Waals surface area contributed by atoms with Gasteiger partial charge in [-0.1, -0.05) is 5.16 Å². The minimum Gasteiger partial charge on any atom is -0.356 e. The Labute approximate surface area is 179 Å².